The van der Waals surface area contributed by atoms with E-state index in [1.807, 2.05) is 0 Å². The molecular formula is C3H6NO2. The van der Waals surface area contributed by atoms with Crippen LogP contribution in [0, 0.1) is 6.54 Å². The van der Waals surface area contributed by atoms with Crippen molar-refractivity contribution in [2.45, 2.75) is 0 Å². The lowest BCUT2D eigenvalue weighted by Crippen LogP contribution is -2.08. The Labute approximate surface area is 36.0 Å². The molecule has 3 nitrogen and oxygen atoms in total. The molecule has 0 aromatic heterocycles. The van der Waals surface area contributed by atoms with Gasteiger partial charge in [0.05, 0.1) is 13.2 Å². The third-order valence-electron chi connectivity index (χ3n) is 0.277. The maximum atomic E-state index is 9.31. The molecule has 6 heavy (non-hydrogen) atoms. The third kappa shape index (κ3) is 3.43. The maximum Gasteiger partial charge on any atom is 0.207 e. The van der Waals surface area contributed by atoms with Crippen molar-refractivity contribution in [3.8, 4) is 0 Å². The molecule has 0 spiro atoms. The number of aliphatic hydroxyl groups is 1. The first-order valence-corrected chi connectivity index (χ1v) is 1.54. The third-order valence-corrected chi connectivity index (χ3v) is 0.277. The second kappa shape index (κ2) is 4.43. The van der Waals surface area contributed by atoms with E-state index in [9.17, 15) is 4.79 Å². The van der Waals surface area contributed by atoms with E-state index in [1.165, 1.54) is 6.54 Å². The number of carbonyl (C=O) groups excluding carboxylic acids is 1. The minimum atomic E-state index is -0.112. The highest BCUT2D eigenvalue weighted by molar-refractivity contribution is 5.46. The highest BCUT2D eigenvalue weighted by atomic mass is 16.3. The highest BCUT2D eigenvalue weighted by Crippen LogP contribution is 1.54. The largest absolute Gasteiger partial charge is 0.394 e. The first-order valence-electron chi connectivity index (χ1n) is 1.54. The molecule has 0 unspecified atom stereocenters. The smallest absolute Gasteiger partial charge is 0.207 e. The molecule has 0 aliphatic heterocycles. The van der Waals surface area contributed by atoms with Gasteiger partial charge in [-0.05, 0) is 0 Å². The Bertz CT molecular complexity index is 37.8. The molecule has 0 saturated carbocycles. The van der Waals surface area contributed by atoms with Crippen LogP contribution in [0.3, 0.4) is 0 Å². The molecule has 1 radical (unpaired) electrons. The fourth-order valence-electron chi connectivity index (χ4n) is 0.101. The summed E-state index contributed by atoms with van der Waals surface area (Å²) in [7, 11) is 0. The van der Waals surface area contributed by atoms with Crippen molar-refractivity contribution in [3.63, 3.8) is 0 Å². The number of carbonyl (C=O) groups is 1. The zero-order valence-electron chi connectivity index (χ0n) is 3.22. The van der Waals surface area contributed by atoms with E-state index >= 15 is 0 Å². The van der Waals surface area contributed by atoms with Crippen molar-refractivity contribution < 1.29 is 9.90 Å². The summed E-state index contributed by atoms with van der Waals surface area (Å²) < 4.78 is 0. The minimum absolute atomic E-state index is 0.112. The van der Waals surface area contributed by atoms with Crippen LogP contribution in [-0.4, -0.2) is 18.1 Å². The van der Waals surface area contributed by atoms with Crippen molar-refractivity contribution in [1.82, 2.24) is 5.32 Å². The summed E-state index contributed by atoms with van der Waals surface area (Å²) in [6, 6.07) is 0. The molecule has 0 aliphatic rings. The Kier molecular flexibility index (Phi) is 4.01. The van der Waals surface area contributed by atoms with Gasteiger partial charge in [-0.25, -0.2) is 0 Å². The van der Waals surface area contributed by atoms with Gasteiger partial charge in [0.15, 0.2) is 0 Å². The molecule has 0 saturated heterocycles. The SMILES string of the molecule is O=CN[CH]CO. The molecule has 0 atom stereocenters. The molecule has 0 aliphatic carbocycles. The van der Waals surface area contributed by atoms with Crippen LogP contribution in [0.2, 0.25) is 0 Å². The summed E-state index contributed by atoms with van der Waals surface area (Å²) in [5, 5.41) is 10.1. The fourth-order valence-corrected chi connectivity index (χ4v) is 0.101. The van der Waals surface area contributed by atoms with Crippen LogP contribution in [0.5, 0.6) is 0 Å². The lowest BCUT2D eigenvalue weighted by molar-refractivity contribution is -0.109. The number of rotatable bonds is 3. The Hall–Kier alpha value is -0.570. The van der Waals surface area contributed by atoms with Crippen molar-refractivity contribution in [1.29, 1.82) is 0 Å². The zero-order chi connectivity index (χ0) is 4.83. The Morgan fingerprint density at radius 1 is 1.83 bits per heavy atom. The molecule has 0 aromatic carbocycles. The topological polar surface area (TPSA) is 49.3 Å². The number of hydrogen-bond acceptors (Lipinski definition) is 2. The second-order valence-corrected chi connectivity index (χ2v) is 0.671. The van der Waals surface area contributed by atoms with Gasteiger partial charge in [-0.15, -0.1) is 0 Å². The van der Waals surface area contributed by atoms with Crippen molar-refractivity contribution >= 4 is 6.41 Å². The van der Waals surface area contributed by atoms with Crippen LogP contribution in [0.4, 0.5) is 0 Å². The van der Waals surface area contributed by atoms with Crippen molar-refractivity contribution in [2.75, 3.05) is 6.61 Å². The van der Waals surface area contributed by atoms with E-state index in [4.69, 9.17) is 5.11 Å². The highest BCUT2D eigenvalue weighted by Gasteiger charge is 1.72. The van der Waals surface area contributed by atoms with Crippen molar-refractivity contribution in [2.24, 2.45) is 0 Å². The van der Waals surface area contributed by atoms with E-state index < -0.39 is 0 Å². The monoisotopic (exact) mass is 88.0 g/mol. The van der Waals surface area contributed by atoms with Crippen molar-refractivity contribution in [3.05, 3.63) is 6.54 Å². The van der Waals surface area contributed by atoms with Gasteiger partial charge in [0.2, 0.25) is 6.41 Å². The molecule has 1 amide bonds. The quantitative estimate of drug-likeness (QED) is 0.339. The first kappa shape index (κ1) is 5.43. The van der Waals surface area contributed by atoms with Crippen LogP contribution >= 0.6 is 0 Å². The Morgan fingerprint density at radius 2 is 2.50 bits per heavy atom. The lowest BCUT2D eigenvalue weighted by atomic mass is 10.7. The Balaban J connectivity index is 2.49. The van der Waals surface area contributed by atoms with Crippen LogP contribution in [0.25, 0.3) is 0 Å². The van der Waals surface area contributed by atoms with Crippen LogP contribution in [0.15, 0.2) is 0 Å². The van der Waals surface area contributed by atoms with Gasteiger partial charge in [0.25, 0.3) is 0 Å². The van der Waals surface area contributed by atoms with E-state index in [0.29, 0.717) is 6.41 Å². The Morgan fingerprint density at radius 3 is 2.67 bits per heavy atom. The van der Waals surface area contributed by atoms with E-state index in [0.717, 1.165) is 0 Å². The predicted octanol–water partition coefficient (Wildman–Crippen LogP) is -1.11. The second-order valence-electron chi connectivity index (χ2n) is 0.671. The average molecular weight is 88.1 g/mol. The van der Waals surface area contributed by atoms with Gasteiger partial charge in [0, 0.05) is 0 Å². The van der Waals surface area contributed by atoms with Gasteiger partial charge >= 0.3 is 0 Å². The predicted molar refractivity (Wildman–Crippen MR) is 20.6 cm³/mol. The summed E-state index contributed by atoms with van der Waals surface area (Å²) in [6.07, 6.45) is 0.496. The fraction of sp³-hybridized carbons (Fsp3) is 0.333. The standard InChI is InChI=1S/C3H6NO2/c5-2-1-4-3-6/h1,3,5H,2H2,(H,4,6). The molecule has 0 bridgehead atoms. The molecule has 0 aromatic rings. The zero-order valence-corrected chi connectivity index (χ0v) is 3.22. The maximum absolute atomic E-state index is 9.31. The number of amides is 1. The molecule has 0 heterocycles. The summed E-state index contributed by atoms with van der Waals surface area (Å²) >= 11 is 0. The molecule has 0 fully saturated rings. The van der Waals surface area contributed by atoms with Crippen LogP contribution in [-0.2, 0) is 4.79 Å². The molecule has 0 rings (SSSR count). The minimum Gasteiger partial charge on any atom is -0.394 e. The summed E-state index contributed by atoms with van der Waals surface area (Å²) in [5.74, 6) is 0. The van der Waals surface area contributed by atoms with Crippen LogP contribution < -0.4 is 5.32 Å². The average Bonchev–Trinajstić information content (AvgIpc) is 1.61. The lowest BCUT2D eigenvalue weighted by Gasteiger charge is -1.84. The van der Waals surface area contributed by atoms with E-state index in [-0.39, 0.29) is 6.61 Å². The van der Waals surface area contributed by atoms with E-state index in [2.05, 4.69) is 5.32 Å². The van der Waals surface area contributed by atoms with Crippen LogP contribution in [0.1, 0.15) is 0 Å². The van der Waals surface area contributed by atoms with E-state index in [1.54, 1.807) is 0 Å². The number of nitrogens with one attached hydrogen (secondary N) is 1. The number of hydrogen-bond donors (Lipinski definition) is 2. The van der Waals surface area contributed by atoms with Gasteiger partial charge < -0.3 is 10.4 Å². The van der Waals surface area contributed by atoms with Gasteiger partial charge in [-0.2, -0.15) is 0 Å². The number of aliphatic hydroxyl groups excluding tert-OH is 1. The first-order chi connectivity index (χ1) is 2.91. The molecular weight excluding hydrogens is 82.0 g/mol. The summed E-state index contributed by atoms with van der Waals surface area (Å²) in [6.45, 7) is 1.13. The summed E-state index contributed by atoms with van der Waals surface area (Å²) in [4.78, 5) is 9.31. The molecule has 3 heteroatoms. The normalized spacial score (nSPS) is 7.50. The molecule has 2 N–H and O–H groups in total. The van der Waals surface area contributed by atoms with Gasteiger partial charge in [-0.1, -0.05) is 0 Å². The van der Waals surface area contributed by atoms with Gasteiger partial charge in [0.1, 0.15) is 0 Å². The van der Waals surface area contributed by atoms with Gasteiger partial charge in [-0.3, -0.25) is 4.79 Å². The molecule has 35 valence electrons. The summed E-state index contributed by atoms with van der Waals surface area (Å²) in [5.41, 5.74) is 0.